The monoisotopic (exact) mass is 312 g/mol. The van der Waals surface area contributed by atoms with Crippen LogP contribution in [0.25, 0.3) is 0 Å². The summed E-state index contributed by atoms with van der Waals surface area (Å²) in [5.41, 5.74) is 8.48. The highest BCUT2D eigenvalue weighted by Crippen LogP contribution is 2.27. The number of nitrogens with one attached hydrogen (secondary N) is 1. The Morgan fingerprint density at radius 2 is 1.86 bits per heavy atom. The van der Waals surface area contributed by atoms with E-state index in [4.69, 9.17) is 10.5 Å². The van der Waals surface area contributed by atoms with E-state index >= 15 is 0 Å². The van der Waals surface area contributed by atoms with Crippen LogP contribution in [-0.2, 0) is 14.8 Å². The Morgan fingerprint density at radius 3 is 2.33 bits per heavy atom. The Kier molecular flexibility index (Phi) is 4.72. The first-order valence-corrected chi connectivity index (χ1v) is 8.72. The van der Waals surface area contributed by atoms with Crippen LogP contribution in [0.3, 0.4) is 0 Å². The summed E-state index contributed by atoms with van der Waals surface area (Å²) >= 11 is 0. The highest BCUT2D eigenvalue weighted by atomic mass is 32.2. The van der Waals surface area contributed by atoms with E-state index in [1.807, 2.05) is 39.8 Å². The van der Waals surface area contributed by atoms with E-state index in [9.17, 15) is 8.42 Å². The van der Waals surface area contributed by atoms with Crippen LogP contribution in [0.2, 0.25) is 0 Å². The molecule has 6 heteroatoms. The van der Waals surface area contributed by atoms with Crippen LogP contribution in [-0.4, -0.2) is 33.2 Å². The molecule has 1 fully saturated rings. The second kappa shape index (κ2) is 6.04. The Morgan fingerprint density at radius 1 is 1.29 bits per heavy atom. The van der Waals surface area contributed by atoms with Crippen molar-refractivity contribution < 1.29 is 13.2 Å². The fraction of sp³-hybridized carbons (Fsp3) is 0.600. The molecule has 3 unspecified atom stereocenters. The smallest absolute Gasteiger partial charge is 0.241 e. The molecule has 0 bridgehead atoms. The number of hydrogen-bond acceptors (Lipinski definition) is 4. The minimum Gasteiger partial charge on any atom is -0.377 e. The summed E-state index contributed by atoms with van der Waals surface area (Å²) in [5.74, 6) is 0. The zero-order valence-corrected chi connectivity index (χ0v) is 13.8. The van der Waals surface area contributed by atoms with Crippen molar-refractivity contribution in [2.75, 3.05) is 6.61 Å². The zero-order valence-electron chi connectivity index (χ0n) is 13.0. The number of hydrogen-bond donors (Lipinski definition) is 2. The lowest BCUT2D eigenvalue weighted by atomic mass is 9.84. The summed E-state index contributed by atoms with van der Waals surface area (Å²) in [4.78, 5) is 0.349. The summed E-state index contributed by atoms with van der Waals surface area (Å²) in [6.45, 7) is 8.03. The maximum Gasteiger partial charge on any atom is 0.241 e. The summed E-state index contributed by atoms with van der Waals surface area (Å²) in [6.07, 6.45) is 0.554. The van der Waals surface area contributed by atoms with Crippen molar-refractivity contribution in [2.45, 2.75) is 57.2 Å². The van der Waals surface area contributed by atoms with Crippen LogP contribution in [0.5, 0.6) is 0 Å². The van der Waals surface area contributed by atoms with Gasteiger partial charge in [0, 0.05) is 12.6 Å². The van der Waals surface area contributed by atoms with Crippen LogP contribution in [0.1, 0.15) is 30.0 Å². The molecule has 0 heterocycles. The molecule has 0 spiro atoms. The average molecular weight is 312 g/mol. The predicted molar refractivity (Wildman–Crippen MR) is 82.8 cm³/mol. The first kappa shape index (κ1) is 16.4. The molecule has 1 saturated carbocycles. The largest absolute Gasteiger partial charge is 0.377 e. The molecule has 21 heavy (non-hydrogen) atoms. The molecule has 1 aliphatic rings. The van der Waals surface area contributed by atoms with E-state index < -0.39 is 10.0 Å². The highest BCUT2D eigenvalue weighted by molar-refractivity contribution is 7.89. The van der Waals surface area contributed by atoms with Gasteiger partial charge < -0.3 is 10.5 Å². The van der Waals surface area contributed by atoms with Crippen LogP contribution < -0.4 is 10.5 Å². The lowest BCUT2D eigenvalue weighted by Gasteiger charge is -2.42. The molecule has 2 rings (SSSR count). The fourth-order valence-electron chi connectivity index (χ4n) is 3.02. The van der Waals surface area contributed by atoms with Crippen LogP contribution in [0, 0.1) is 20.8 Å². The lowest BCUT2D eigenvalue weighted by molar-refractivity contribution is -0.0248. The van der Waals surface area contributed by atoms with Gasteiger partial charge in [-0.05, 0) is 45.2 Å². The molecule has 1 aromatic carbocycles. The number of ether oxygens (including phenoxy) is 1. The van der Waals surface area contributed by atoms with Crippen molar-refractivity contribution in [3.05, 3.63) is 28.8 Å². The molecule has 3 N–H and O–H groups in total. The van der Waals surface area contributed by atoms with Crippen molar-refractivity contribution >= 4 is 10.0 Å². The van der Waals surface area contributed by atoms with Gasteiger partial charge in [-0.25, -0.2) is 13.1 Å². The van der Waals surface area contributed by atoms with Gasteiger partial charge in [0.25, 0.3) is 0 Å². The van der Waals surface area contributed by atoms with E-state index in [0.717, 1.165) is 16.7 Å². The lowest BCUT2D eigenvalue weighted by Crippen LogP contribution is -2.64. The normalized spacial score (nSPS) is 25.7. The van der Waals surface area contributed by atoms with Gasteiger partial charge in [0.15, 0.2) is 0 Å². The van der Waals surface area contributed by atoms with Crippen LogP contribution in [0.4, 0.5) is 0 Å². The Bertz CT molecular complexity index is 603. The van der Waals surface area contributed by atoms with Crippen molar-refractivity contribution in [3.63, 3.8) is 0 Å². The van der Waals surface area contributed by atoms with Gasteiger partial charge in [-0.2, -0.15) is 0 Å². The maximum atomic E-state index is 12.7. The molecular weight excluding hydrogens is 288 g/mol. The molecule has 1 aliphatic carbocycles. The second-order valence-corrected chi connectivity index (χ2v) is 7.42. The standard InChI is InChI=1S/C15H24N2O3S/c1-5-20-13-8-12(16)14(13)17-21(18,19)15-10(3)6-9(2)7-11(15)4/h6-7,12-14,17H,5,8,16H2,1-4H3. The first-order chi connectivity index (χ1) is 9.76. The molecule has 5 nitrogen and oxygen atoms in total. The SMILES string of the molecule is CCOC1CC(N)C1NS(=O)(=O)c1c(C)cc(C)cc1C. The van der Waals surface area contributed by atoms with Gasteiger partial charge in [-0.3, -0.25) is 0 Å². The predicted octanol–water partition coefficient (Wildman–Crippen LogP) is 1.39. The Hall–Kier alpha value is -0.950. The number of sulfonamides is 1. The van der Waals surface area contributed by atoms with E-state index in [2.05, 4.69) is 4.72 Å². The third-order valence-corrected chi connectivity index (χ3v) is 5.68. The summed E-state index contributed by atoms with van der Waals surface area (Å²) in [7, 11) is -3.59. The van der Waals surface area contributed by atoms with Gasteiger partial charge in [-0.1, -0.05) is 17.7 Å². The average Bonchev–Trinajstić information content (AvgIpc) is 2.34. The van der Waals surface area contributed by atoms with E-state index in [-0.39, 0.29) is 18.2 Å². The molecular formula is C15H24N2O3S. The third-order valence-electron chi connectivity index (χ3n) is 3.91. The molecule has 0 aromatic heterocycles. The number of aryl methyl sites for hydroxylation is 3. The fourth-order valence-corrected chi connectivity index (χ4v) is 4.79. The Labute approximate surface area is 126 Å². The van der Waals surface area contributed by atoms with Crippen molar-refractivity contribution in [1.29, 1.82) is 0 Å². The van der Waals surface area contributed by atoms with Gasteiger partial charge in [0.1, 0.15) is 0 Å². The van der Waals surface area contributed by atoms with Crippen molar-refractivity contribution in [3.8, 4) is 0 Å². The van der Waals surface area contributed by atoms with Gasteiger partial charge in [-0.15, -0.1) is 0 Å². The van der Waals surface area contributed by atoms with E-state index in [1.165, 1.54) is 0 Å². The van der Waals surface area contributed by atoms with Gasteiger partial charge in [0.2, 0.25) is 10.0 Å². The molecule has 3 atom stereocenters. The number of rotatable bonds is 5. The molecule has 0 amide bonds. The van der Waals surface area contributed by atoms with Crippen LogP contribution in [0.15, 0.2) is 17.0 Å². The minimum atomic E-state index is -3.59. The van der Waals surface area contributed by atoms with Crippen LogP contribution >= 0.6 is 0 Å². The molecule has 118 valence electrons. The molecule has 0 aliphatic heterocycles. The number of benzene rings is 1. The number of nitrogens with two attached hydrogens (primary N) is 1. The molecule has 0 saturated heterocycles. The second-order valence-electron chi connectivity index (χ2n) is 5.77. The summed E-state index contributed by atoms with van der Waals surface area (Å²) < 4.78 is 33.6. The van der Waals surface area contributed by atoms with E-state index in [1.54, 1.807) is 0 Å². The third kappa shape index (κ3) is 3.29. The van der Waals surface area contributed by atoms with Crippen molar-refractivity contribution in [1.82, 2.24) is 4.72 Å². The molecule has 1 aromatic rings. The van der Waals surface area contributed by atoms with Gasteiger partial charge in [0.05, 0.1) is 17.0 Å². The summed E-state index contributed by atoms with van der Waals surface area (Å²) in [5, 5.41) is 0. The first-order valence-electron chi connectivity index (χ1n) is 7.23. The topological polar surface area (TPSA) is 81.4 Å². The van der Waals surface area contributed by atoms with Crippen molar-refractivity contribution in [2.24, 2.45) is 5.73 Å². The van der Waals surface area contributed by atoms with Gasteiger partial charge >= 0.3 is 0 Å². The summed E-state index contributed by atoms with van der Waals surface area (Å²) in [6, 6.07) is 3.21. The maximum absolute atomic E-state index is 12.7. The molecule has 0 radical (unpaired) electrons. The Balaban J connectivity index is 2.27. The minimum absolute atomic E-state index is 0.133. The highest BCUT2D eigenvalue weighted by Gasteiger charge is 2.42. The quantitative estimate of drug-likeness (QED) is 0.861. The van der Waals surface area contributed by atoms with E-state index in [0.29, 0.717) is 17.9 Å². The zero-order chi connectivity index (χ0) is 15.8.